The fraction of sp³-hybridized carbons (Fsp3) is 0.368. The van der Waals surface area contributed by atoms with Crippen LogP contribution in [-0.4, -0.2) is 26.4 Å². The predicted molar refractivity (Wildman–Crippen MR) is 91.2 cm³/mol. The van der Waals surface area contributed by atoms with Gasteiger partial charge in [0.1, 0.15) is 18.1 Å². The van der Waals surface area contributed by atoms with E-state index in [2.05, 4.69) is 17.4 Å². The second-order valence-corrected chi connectivity index (χ2v) is 5.67. The minimum Gasteiger partial charge on any atom is -0.497 e. The first kappa shape index (κ1) is 15.7. The van der Waals surface area contributed by atoms with Gasteiger partial charge in [-0.15, -0.1) is 0 Å². The summed E-state index contributed by atoms with van der Waals surface area (Å²) in [7, 11) is 1.67. The molecular formula is C19H23NO3. The SMILES string of the molecule is COc1ccc(NCc2ccc(OCC3CCCO3)cc2)cc1. The molecule has 23 heavy (non-hydrogen) atoms. The van der Waals surface area contributed by atoms with Gasteiger partial charge in [-0.05, 0) is 54.8 Å². The van der Waals surface area contributed by atoms with Crippen LogP contribution in [0.25, 0.3) is 0 Å². The van der Waals surface area contributed by atoms with Crippen molar-refractivity contribution in [1.82, 2.24) is 0 Å². The molecule has 0 radical (unpaired) electrons. The van der Waals surface area contributed by atoms with Crippen molar-refractivity contribution in [3.05, 3.63) is 54.1 Å². The molecule has 1 N–H and O–H groups in total. The van der Waals surface area contributed by atoms with E-state index in [1.165, 1.54) is 5.56 Å². The number of anilines is 1. The Morgan fingerprint density at radius 1 is 1.04 bits per heavy atom. The van der Waals surface area contributed by atoms with Gasteiger partial charge in [-0.25, -0.2) is 0 Å². The van der Waals surface area contributed by atoms with Gasteiger partial charge in [0, 0.05) is 18.8 Å². The first-order valence-electron chi connectivity index (χ1n) is 8.05. The molecular weight excluding hydrogens is 290 g/mol. The fourth-order valence-corrected chi connectivity index (χ4v) is 2.58. The molecule has 0 aliphatic carbocycles. The Morgan fingerprint density at radius 2 is 1.78 bits per heavy atom. The maximum Gasteiger partial charge on any atom is 0.119 e. The predicted octanol–water partition coefficient (Wildman–Crippen LogP) is 3.87. The summed E-state index contributed by atoms with van der Waals surface area (Å²) in [6.45, 7) is 2.28. The van der Waals surface area contributed by atoms with E-state index in [0.29, 0.717) is 6.61 Å². The number of ether oxygens (including phenoxy) is 3. The van der Waals surface area contributed by atoms with Gasteiger partial charge in [0.05, 0.1) is 13.2 Å². The Bertz CT molecular complexity index is 589. The molecule has 0 aromatic heterocycles. The average Bonchev–Trinajstić information content (AvgIpc) is 3.13. The Labute approximate surface area is 137 Å². The van der Waals surface area contributed by atoms with E-state index in [9.17, 15) is 0 Å². The standard InChI is InChI=1S/C19H23NO3/c1-21-17-10-6-16(7-11-17)20-13-15-4-8-18(9-5-15)23-14-19-3-2-12-22-19/h4-11,19-20H,2-3,12-14H2,1H3. The summed E-state index contributed by atoms with van der Waals surface area (Å²) in [5.74, 6) is 1.76. The summed E-state index contributed by atoms with van der Waals surface area (Å²) < 4.78 is 16.5. The number of rotatable bonds is 7. The van der Waals surface area contributed by atoms with Crippen molar-refractivity contribution in [3.8, 4) is 11.5 Å². The highest BCUT2D eigenvalue weighted by Gasteiger charge is 2.15. The number of nitrogens with one attached hydrogen (secondary N) is 1. The van der Waals surface area contributed by atoms with Gasteiger partial charge in [0.15, 0.2) is 0 Å². The molecule has 1 aliphatic heterocycles. The lowest BCUT2D eigenvalue weighted by molar-refractivity contribution is 0.0679. The molecule has 4 nitrogen and oxygen atoms in total. The van der Waals surface area contributed by atoms with Crippen molar-refractivity contribution in [1.29, 1.82) is 0 Å². The van der Waals surface area contributed by atoms with Crippen LogP contribution in [0.3, 0.4) is 0 Å². The molecule has 2 aromatic rings. The van der Waals surface area contributed by atoms with Gasteiger partial charge in [0.2, 0.25) is 0 Å². The van der Waals surface area contributed by atoms with Crippen LogP contribution in [0, 0.1) is 0 Å². The van der Waals surface area contributed by atoms with E-state index in [1.54, 1.807) is 7.11 Å². The number of hydrogen-bond donors (Lipinski definition) is 1. The molecule has 0 saturated carbocycles. The fourth-order valence-electron chi connectivity index (χ4n) is 2.58. The van der Waals surface area contributed by atoms with E-state index >= 15 is 0 Å². The third-order valence-corrected chi connectivity index (χ3v) is 3.97. The molecule has 2 aromatic carbocycles. The van der Waals surface area contributed by atoms with E-state index in [1.807, 2.05) is 36.4 Å². The Morgan fingerprint density at radius 3 is 2.43 bits per heavy atom. The molecule has 0 bridgehead atoms. The summed E-state index contributed by atoms with van der Waals surface area (Å²) in [4.78, 5) is 0. The van der Waals surface area contributed by atoms with Crippen LogP contribution in [0.1, 0.15) is 18.4 Å². The Hall–Kier alpha value is -2.20. The van der Waals surface area contributed by atoms with Crippen LogP contribution in [-0.2, 0) is 11.3 Å². The lowest BCUT2D eigenvalue weighted by Gasteiger charge is -2.12. The highest BCUT2D eigenvalue weighted by molar-refractivity contribution is 5.47. The van der Waals surface area contributed by atoms with E-state index in [4.69, 9.17) is 14.2 Å². The van der Waals surface area contributed by atoms with Crippen molar-refractivity contribution in [2.24, 2.45) is 0 Å². The first-order chi connectivity index (χ1) is 11.3. The van der Waals surface area contributed by atoms with Gasteiger partial charge in [-0.1, -0.05) is 12.1 Å². The van der Waals surface area contributed by atoms with Gasteiger partial charge in [0.25, 0.3) is 0 Å². The van der Waals surface area contributed by atoms with E-state index in [0.717, 1.165) is 43.2 Å². The molecule has 1 fully saturated rings. The molecule has 0 spiro atoms. The highest BCUT2D eigenvalue weighted by atomic mass is 16.5. The molecule has 1 saturated heterocycles. The smallest absolute Gasteiger partial charge is 0.119 e. The van der Waals surface area contributed by atoms with Crippen molar-refractivity contribution < 1.29 is 14.2 Å². The van der Waals surface area contributed by atoms with Gasteiger partial charge >= 0.3 is 0 Å². The van der Waals surface area contributed by atoms with Crippen LogP contribution >= 0.6 is 0 Å². The van der Waals surface area contributed by atoms with Crippen LogP contribution in [0.4, 0.5) is 5.69 Å². The summed E-state index contributed by atoms with van der Waals surface area (Å²) in [6.07, 6.45) is 2.50. The highest BCUT2D eigenvalue weighted by Crippen LogP contribution is 2.18. The maximum absolute atomic E-state index is 5.77. The normalized spacial score (nSPS) is 17.0. The zero-order valence-corrected chi connectivity index (χ0v) is 13.5. The van der Waals surface area contributed by atoms with Crippen LogP contribution in [0.2, 0.25) is 0 Å². The van der Waals surface area contributed by atoms with Crippen molar-refractivity contribution in [2.45, 2.75) is 25.5 Å². The topological polar surface area (TPSA) is 39.7 Å². The second kappa shape index (κ2) is 7.88. The number of hydrogen-bond acceptors (Lipinski definition) is 4. The van der Waals surface area contributed by atoms with Crippen LogP contribution < -0.4 is 14.8 Å². The first-order valence-corrected chi connectivity index (χ1v) is 8.05. The summed E-state index contributed by atoms with van der Waals surface area (Å²) in [5, 5.41) is 3.39. The van der Waals surface area contributed by atoms with Crippen molar-refractivity contribution in [2.75, 3.05) is 25.6 Å². The van der Waals surface area contributed by atoms with Gasteiger partial charge < -0.3 is 19.5 Å². The van der Waals surface area contributed by atoms with E-state index in [-0.39, 0.29) is 6.10 Å². The minimum absolute atomic E-state index is 0.256. The molecule has 1 aliphatic rings. The molecule has 1 heterocycles. The van der Waals surface area contributed by atoms with Gasteiger partial charge in [-0.2, -0.15) is 0 Å². The third-order valence-electron chi connectivity index (χ3n) is 3.97. The zero-order valence-electron chi connectivity index (χ0n) is 13.5. The van der Waals surface area contributed by atoms with Crippen molar-refractivity contribution in [3.63, 3.8) is 0 Å². The number of methoxy groups -OCH3 is 1. The lowest BCUT2D eigenvalue weighted by atomic mass is 10.2. The zero-order chi connectivity index (χ0) is 15.9. The number of benzene rings is 2. The monoisotopic (exact) mass is 313 g/mol. The van der Waals surface area contributed by atoms with E-state index < -0.39 is 0 Å². The summed E-state index contributed by atoms with van der Waals surface area (Å²) in [5.41, 5.74) is 2.29. The summed E-state index contributed by atoms with van der Waals surface area (Å²) in [6, 6.07) is 16.1. The van der Waals surface area contributed by atoms with Gasteiger partial charge in [-0.3, -0.25) is 0 Å². The molecule has 1 atom stereocenters. The molecule has 1 unspecified atom stereocenters. The lowest BCUT2D eigenvalue weighted by Crippen LogP contribution is -2.16. The molecule has 122 valence electrons. The maximum atomic E-state index is 5.77. The van der Waals surface area contributed by atoms with Crippen LogP contribution in [0.15, 0.2) is 48.5 Å². The summed E-state index contributed by atoms with van der Waals surface area (Å²) >= 11 is 0. The Balaban J connectivity index is 1.46. The molecule has 4 heteroatoms. The van der Waals surface area contributed by atoms with Crippen molar-refractivity contribution >= 4 is 5.69 Å². The molecule has 3 rings (SSSR count). The molecule has 0 amide bonds. The second-order valence-electron chi connectivity index (χ2n) is 5.67. The quantitative estimate of drug-likeness (QED) is 0.842. The minimum atomic E-state index is 0.256. The third kappa shape index (κ3) is 4.63. The largest absolute Gasteiger partial charge is 0.497 e. The average molecular weight is 313 g/mol. The Kier molecular flexibility index (Phi) is 5.37. The van der Waals surface area contributed by atoms with Crippen LogP contribution in [0.5, 0.6) is 11.5 Å².